The number of oxazole rings is 1. The number of aryl methyl sites for hydroxylation is 1. The number of fused-ring (bicyclic) bond motifs is 1. The highest BCUT2D eigenvalue weighted by Crippen LogP contribution is 2.41. The molecule has 1 fully saturated rings. The maximum Gasteiger partial charge on any atom is 0.213 e. The first-order valence-corrected chi connectivity index (χ1v) is 11.4. The van der Waals surface area contributed by atoms with E-state index in [1.54, 1.807) is 0 Å². The third kappa shape index (κ3) is 3.97. The van der Waals surface area contributed by atoms with Crippen LogP contribution in [0.5, 0.6) is 0 Å². The zero-order valence-electron chi connectivity index (χ0n) is 16.9. The third-order valence-corrected chi connectivity index (χ3v) is 7.14. The molecule has 2 aromatic heterocycles. The van der Waals surface area contributed by atoms with Gasteiger partial charge in [0.1, 0.15) is 5.76 Å². The van der Waals surface area contributed by atoms with E-state index >= 15 is 0 Å². The molecule has 0 spiro atoms. The van der Waals surface area contributed by atoms with Gasteiger partial charge in [-0.05, 0) is 37.6 Å². The molecule has 5 nitrogen and oxygen atoms in total. The van der Waals surface area contributed by atoms with E-state index in [2.05, 4.69) is 63.4 Å². The van der Waals surface area contributed by atoms with Gasteiger partial charge in [0, 0.05) is 28.8 Å². The van der Waals surface area contributed by atoms with Crippen molar-refractivity contribution in [2.24, 2.45) is 0 Å². The summed E-state index contributed by atoms with van der Waals surface area (Å²) in [4.78, 5) is 12.4. The van der Waals surface area contributed by atoms with Crippen molar-refractivity contribution in [3.63, 3.8) is 0 Å². The van der Waals surface area contributed by atoms with E-state index in [9.17, 15) is 0 Å². The average molecular weight is 409 g/mol. The van der Waals surface area contributed by atoms with Crippen molar-refractivity contribution in [2.45, 2.75) is 45.3 Å². The average Bonchev–Trinajstić information content (AvgIpc) is 3.42. The van der Waals surface area contributed by atoms with Gasteiger partial charge in [0.15, 0.2) is 0 Å². The number of nitrogens with one attached hydrogen (secondary N) is 1. The van der Waals surface area contributed by atoms with Crippen LogP contribution < -0.4 is 10.2 Å². The van der Waals surface area contributed by atoms with Gasteiger partial charge in [-0.15, -0.1) is 11.3 Å². The predicted octanol–water partition coefficient (Wildman–Crippen LogP) is 4.50. The van der Waals surface area contributed by atoms with Gasteiger partial charge in [-0.25, -0.2) is 4.98 Å². The lowest BCUT2D eigenvalue weighted by Gasteiger charge is -2.41. The van der Waals surface area contributed by atoms with Crippen LogP contribution in [0.1, 0.15) is 36.3 Å². The molecule has 2 aliphatic rings. The molecule has 29 heavy (non-hydrogen) atoms. The second kappa shape index (κ2) is 8.30. The fraction of sp³-hybridized carbons (Fsp3) is 0.435. The Hall–Kier alpha value is -2.15. The van der Waals surface area contributed by atoms with Crippen molar-refractivity contribution < 1.29 is 4.42 Å². The molecule has 1 N–H and O–H groups in total. The van der Waals surface area contributed by atoms with Crippen LogP contribution in [0.25, 0.3) is 10.4 Å². The Labute approximate surface area is 176 Å². The summed E-state index contributed by atoms with van der Waals surface area (Å²) in [6.45, 7) is 7.04. The minimum absolute atomic E-state index is 0.643. The number of hydrogen-bond donors (Lipinski definition) is 1. The van der Waals surface area contributed by atoms with E-state index in [4.69, 9.17) is 4.42 Å². The summed E-state index contributed by atoms with van der Waals surface area (Å²) in [5.74, 6) is 1.77. The molecule has 5 rings (SSSR count). The molecule has 0 radical (unpaired) electrons. The molecule has 0 amide bonds. The minimum Gasteiger partial charge on any atom is -0.444 e. The van der Waals surface area contributed by atoms with Gasteiger partial charge in [-0.3, -0.25) is 4.90 Å². The van der Waals surface area contributed by atoms with E-state index in [1.807, 2.05) is 17.5 Å². The summed E-state index contributed by atoms with van der Waals surface area (Å²) < 4.78 is 5.94. The molecule has 1 aromatic carbocycles. The molecular formula is C23H28N4OS. The number of benzene rings is 1. The fourth-order valence-electron chi connectivity index (χ4n) is 4.37. The van der Waals surface area contributed by atoms with Gasteiger partial charge < -0.3 is 14.6 Å². The maximum atomic E-state index is 5.94. The first kappa shape index (κ1) is 18.9. The Morgan fingerprint density at radius 1 is 1.21 bits per heavy atom. The molecular weight excluding hydrogens is 380 g/mol. The van der Waals surface area contributed by atoms with E-state index in [0.29, 0.717) is 6.04 Å². The largest absolute Gasteiger partial charge is 0.444 e. The SMILES string of the molecule is CCc1cnc(CN2CN(C3CCNCC3)Cc3sc(-c4ccccc4)cc32)o1. The normalized spacial score (nSPS) is 18.2. The van der Waals surface area contributed by atoms with Crippen LogP contribution in [0.4, 0.5) is 5.69 Å². The standard InChI is InChI=1S/C23H28N4OS/c1-2-19-13-25-23(28-19)15-27-16-26(18-8-10-24-11-9-18)14-22-20(27)12-21(29-22)17-6-4-3-5-7-17/h3-7,12-13,18,24H,2,8-11,14-16H2,1H3. The lowest BCUT2D eigenvalue weighted by atomic mass is 10.0. The Morgan fingerprint density at radius 3 is 2.79 bits per heavy atom. The summed E-state index contributed by atoms with van der Waals surface area (Å²) in [6.07, 6.45) is 5.20. The number of anilines is 1. The fourth-order valence-corrected chi connectivity index (χ4v) is 5.59. The third-order valence-electron chi connectivity index (χ3n) is 5.99. The minimum atomic E-state index is 0.643. The monoisotopic (exact) mass is 408 g/mol. The van der Waals surface area contributed by atoms with Gasteiger partial charge in [0.25, 0.3) is 0 Å². The Morgan fingerprint density at radius 2 is 2.03 bits per heavy atom. The zero-order valence-corrected chi connectivity index (χ0v) is 17.8. The summed E-state index contributed by atoms with van der Waals surface area (Å²) >= 11 is 1.93. The van der Waals surface area contributed by atoms with E-state index in [0.717, 1.165) is 50.9 Å². The van der Waals surface area contributed by atoms with Crippen molar-refractivity contribution in [1.29, 1.82) is 0 Å². The van der Waals surface area contributed by atoms with E-state index in [1.165, 1.54) is 33.8 Å². The van der Waals surface area contributed by atoms with Crippen LogP contribution in [0.3, 0.4) is 0 Å². The Bertz CT molecular complexity index is 945. The molecule has 6 heteroatoms. The van der Waals surface area contributed by atoms with Gasteiger partial charge >= 0.3 is 0 Å². The molecule has 4 heterocycles. The molecule has 0 unspecified atom stereocenters. The second-order valence-electron chi connectivity index (χ2n) is 7.93. The summed E-state index contributed by atoms with van der Waals surface area (Å²) in [7, 11) is 0. The predicted molar refractivity (Wildman–Crippen MR) is 118 cm³/mol. The lowest BCUT2D eigenvalue weighted by molar-refractivity contribution is 0.146. The first-order chi connectivity index (χ1) is 14.3. The molecule has 0 aliphatic carbocycles. The van der Waals surface area contributed by atoms with Crippen molar-refractivity contribution in [3.8, 4) is 10.4 Å². The van der Waals surface area contributed by atoms with Crippen LogP contribution in [0, 0.1) is 0 Å². The summed E-state index contributed by atoms with van der Waals surface area (Å²) in [6, 6.07) is 13.7. The van der Waals surface area contributed by atoms with Crippen molar-refractivity contribution in [3.05, 3.63) is 59.1 Å². The van der Waals surface area contributed by atoms with Gasteiger partial charge in [0.05, 0.1) is 25.1 Å². The second-order valence-corrected chi connectivity index (χ2v) is 9.06. The number of nitrogens with zero attached hydrogens (tertiary/aromatic N) is 3. The van der Waals surface area contributed by atoms with Crippen LogP contribution in [0.2, 0.25) is 0 Å². The van der Waals surface area contributed by atoms with Crippen LogP contribution in [0.15, 0.2) is 47.0 Å². The zero-order chi connectivity index (χ0) is 19.6. The number of piperidine rings is 1. The molecule has 0 bridgehead atoms. The Kier molecular flexibility index (Phi) is 5.40. The van der Waals surface area contributed by atoms with Crippen LogP contribution >= 0.6 is 11.3 Å². The first-order valence-electron chi connectivity index (χ1n) is 10.6. The summed E-state index contributed by atoms with van der Waals surface area (Å²) in [5, 5.41) is 3.50. The van der Waals surface area contributed by atoms with Gasteiger partial charge in [-0.2, -0.15) is 0 Å². The van der Waals surface area contributed by atoms with E-state index in [-0.39, 0.29) is 0 Å². The molecule has 152 valence electrons. The van der Waals surface area contributed by atoms with Crippen LogP contribution in [-0.4, -0.2) is 35.7 Å². The number of hydrogen-bond acceptors (Lipinski definition) is 6. The molecule has 3 aromatic rings. The van der Waals surface area contributed by atoms with Gasteiger partial charge in [0.2, 0.25) is 5.89 Å². The Balaban J connectivity index is 1.46. The molecule has 2 aliphatic heterocycles. The smallest absolute Gasteiger partial charge is 0.213 e. The van der Waals surface area contributed by atoms with Crippen LogP contribution in [-0.2, 0) is 19.5 Å². The highest BCUT2D eigenvalue weighted by Gasteiger charge is 2.31. The molecule has 0 saturated carbocycles. The van der Waals surface area contributed by atoms with Crippen molar-refractivity contribution in [1.82, 2.24) is 15.2 Å². The molecule has 0 atom stereocenters. The topological polar surface area (TPSA) is 44.5 Å². The quantitative estimate of drug-likeness (QED) is 0.674. The number of aromatic nitrogens is 1. The number of thiophene rings is 1. The van der Waals surface area contributed by atoms with Crippen molar-refractivity contribution >= 4 is 17.0 Å². The lowest BCUT2D eigenvalue weighted by Crippen LogP contribution is -2.49. The van der Waals surface area contributed by atoms with Gasteiger partial charge in [-0.1, -0.05) is 37.3 Å². The maximum absolute atomic E-state index is 5.94. The van der Waals surface area contributed by atoms with E-state index < -0.39 is 0 Å². The highest BCUT2D eigenvalue weighted by atomic mass is 32.1. The highest BCUT2D eigenvalue weighted by molar-refractivity contribution is 7.16. The summed E-state index contributed by atoms with van der Waals surface area (Å²) in [5.41, 5.74) is 2.64. The van der Waals surface area contributed by atoms with Crippen molar-refractivity contribution in [2.75, 3.05) is 24.7 Å². The number of rotatable bonds is 5. The molecule has 1 saturated heterocycles.